The van der Waals surface area contributed by atoms with Gasteiger partial charge in [0.2, 0.25) is 5.91 Å². The van der Waals surface area contributed by atoms with Crippen molar-refractivity contribution < 1.29 is 4.79 Å². The number of nitrogens with zero attached hydrogens (tertiary/aromatic N) is 2. The highest BCUT2D eigenvalue weighted by atomic mass is 16.1. The number of carbonyl (C=O) groups is 1. The summed E-state index contributed by atoms with van der Waals surface area (Å²) in [6.07, 6.45) is 7.25. The molecule has 1 aliphatic rings. The Labute approximate surface area is 146 Å². The van der Waals surface area contributed by atoms with Gasteiger partial charge in [0.1, 0.15) is 0 Å². The molecule has 2 atom stereocenters. The van der Waals surface area contributed by atoms with E-state index in [1.807, 2.05) is 23.3 Å². The Morgan fingerprint density at radius 1 is 1.36 bits per heavy atom. The molecule has 25 heavy (non-hydrogen) atoms. The molecule has 6 nitrogen and oxygen atoms in total. The zero-order valence-corrected chi connectivity index (χ0v) is 14.3. The Morgan fingerprint density at radius 2 is 2.28 bits per heavy atom. The Morgan fingerprint density at radius 3 is 3.12 bits per heavy atom. The highest BCUT2D eigenvalue weighted by Crippen LogP contribution is 2.25. The van der Waals surface area contributed by atoms with E-state index in [2.05, 4.69) is 51.9 Å². The largest absolute Gasteiger partial charge is 0.361 e. The van der Waals surface area contributed by atoms with Crippen molar-refractivity contribution in [3.8, 4) is 0 Å². The van der Waals surface area contributed by atoms with E-state index in [-0.39, 0.29) is 18.0 Å². The molecule has 130 valence electrons. The van der Waals surface area contributed by atoms with Crippen LogP contribution >= 0.6 is 0 Å². The van der Waals surface area contributed by atoms with Crippen molar-refractivity contribution in [1.29, 1.82) is 0 Å². The van der Waals surface area contributed by atoms with Crippen molar-refractivity contribution >= 4 is 16.8 Å². The van der Waals surface area contributed by atoms with Crippen LogP contribution in [0.3, 0.4) is 0 Å². The summed E-state index contributed by atoms with van der Waals surface area (Å²) in [5.74, 6) is 0.111. The second kappa shape index (κ2) is 6.72. The molecule has 1 fully saturated rings. The van der Waals surface area contributed by atoms with E-state index in [4.69, 9.17) is 0 Å². The van der Waals surface area contributed by atoms with Crippen molar-refractivity contribution in [2.75, 3.05) is 0 Å². The molecule has 3 aromatic rings. The summed E-state index contributed by atoms with van der Waals surface area (Å²) in [6, 6.07) is 8.57. The normalized spacial score (nSPS) is 20.8. The minimum absolute atomic E-state index is 0.0352. The monoisotopic (exact) mass is 337 g/mol. The number of carbonyl (C=O) groups excluding carboxylic acids is 1. The lowest BCUT2D eigenvalue weighted by molar-refractivity contribution is -0.123. The SMILES string of the molecule is CCn1cc([C@@H]2NC(=O)CC[C@H]2NCc2cccc3[nH]ccc23)cn1. The first-order valence-corrected chi connectivity index (χ1v) is 8.84. The van der Waals surface area contributed by atoms with Gasteiger partial charge < -0.3 is 15.6 Å². The van der Waals surface area contributed by atoms with Crippen molar-refractivity contribution in [3.63, 3.8) is 0 Å². The van der Waals surface area contributed by atoms with E-state index in [1.54, 1.807) is 0 Å². The van der Waals surface area contributed by atoms with Crippen LogP contribution < -0.4 is 10.6 Å². The molecule has 1 aliphatic heterocycles. The predicted octanol–water partition coefficient (Wildman–Crippen LogP) is 2.49. The van der Waals surface area contributed by atoms with Crippen LogP contribution in [0, 0.1) is 0 Å². The van der Waals surface area contributed by atoms with Gasteiger partial charge in [0.15, 0.2) is 0 Å². The van der Waals surface area contributed by atoms with Gasteiger partial charge in [-0.1, -0.05) is 12.1 Å². The van der Waals surface area contributed by atoms with Gasteiger partial charge in [-0.25, -0.2) is 0 Å². The Hall–Kier alpha value is -2.60. The molecule has 0 saturated carbocycles. The van der Waals surface area contributed by atoms with E-state index >= 15 is 0 Å². The van der Waals surface area contributed by atoms with Gasteiger partial charge in [0.25, 0.3) is 0 Å². The molecule has 6 heteroatoms. The van der Waals surface area contributed by atoms with E-state index in [0.717, 1.165) is 30.6 Å². The number of rotatable bonds is 5. The van der Waals surface area contributed by atoms with E-state index in [1.165, 1.54) is 10.9 Å². The number of fused-ring (bicyclic) bond motifs is 1. The number of aromatic amines is 1. The number of amides is 1. The lowest BCUT2D eigenvalue weighted by Gasteiger charge is -2.32. The minimum atomic E-state index is -0.0352. The molecular formula is C19H23N5O. The first kappa shape index (κ1) is 15.9. The fraction of sp³-hybridized carbons (Fsp3) is 0.368. The van der Waals surface area contributed by atoms with Crippen LogP contribution in [0.5, 0.6) is 0 Å². The van der Waals surface area contributed by atoms with Gasteiger partial charge in [-0.15, -0.1) is 0 Å². The molecule has 3 N–H and O–H groups in total. The molecule has 1 saturated heterocycles. The number of aryl methyl sites for hydroxylation is 1. The van der Waals surface area contributed by atoms with E-state index < -0.39 is 0 Å². The maximum atomic E-state index is 11.9. The van der Waals surface area contributed by atoms with Crippen LogP contribution in [0.1, 0.15) is 36.9 Å². The fourth-order valence-electron chi connectivity index (χ4n) is 3.59. The third-order valence-corrected chi connectivity index (χ3v) is 4.98. The second-order valence-corrected chi connectivity index (χ2v) is 6.56. The topological polar surface area (TPSA) is 74.7 Å². The van der Waals surface area contributed by atoms with Crippen molar-refractivity contribution in [3.05, 3.63) is 54.0 Å². The number of hydrogen-bond acceptors (Lipinski definition) is 3. The van der Waals surface area contributed by atoms with Crippen LogP contribution in [0.15, 0.2) is 42.9 Å². The summed E-state index contributed by atoms with van der Waals surface area (Å²) in [7, 11) is 0. The third-order valence-electron chi connectivity index (χ3n) is 4.98. The van der Waals surface area contributed by atoms with Gasteiger partial charge >= 0.3 is 0 Å². The van der Waals surface area contributed by atoms with Gasteiger partial charge in [-0.2, -0.15) is 5.10 Å². The Bertz CT molecular complexity index is 881. The van der Waals surface area contributed by atoms with E-state index in [9.17, 15) is 4.79 Å². The minimum Gasteiger partial charge on any atom is -0.361 e. The molecular weight excluding hydrogens is 314 g/mol. The molecule has 4 rings (SSSR count). The highest BCUT2D eigenvalue weighted by Gasteiger charge is 2.30. The smallest absolute Gasteiger partial charge is 0.220 e. The number of hydrogen-bond donors (Lipinski definition) is 3. The molecule has 1 aromatic carbocycles. The first-order chi connectivity index (χ1) is 12.2. The summed E-state index contributed by atoms with van der Waals surface area (Å²) >= 11 is 0. The molecule has 3 heterocycles. The van der Waals surface area contributed by atoms with Crippen LogP contribution in [0.4, 0.5) is 0 Å². The highest BCUT2D eigenvalue weighted by molar-refractivity contribution is 5.82. The average Bonchev–Trinajstić information content (AvgIpc) is 3.29. The standard InChI is InChI=1S/C19H23N5O/c1-2-24-12-14(11-22-24)19-17(6-7-18(25)23-19)21-10-13-4-3-5-16-15(13)8-9-20-16/h3-5,8-9,11-12,17,19-21H,2,6-7,10H2,1H3,(H,23,25)/t17-,19+/m1/s1. The number of benzene rings is 1. The molecule has 2 aromatic heterocycles. The van der Waals surface area contributed by atoms with Crippen LogP contribution in [0.25, 0.3) is 10.9 Å². The number of H-pyrrole nitrogens is 1. The number of aromatic nitrogens is 3. The van der Waals surface area contributed by atoms with Gasteiger partial charge in [-0.3, -0.25) is 9.48 Å². The average molecular weight is 337 g/mol. The summed E-state index contributed by atoms with van der Waals surface area (Å²) in [4.78, 5) is 15.2. The van der Waals surface area contributed by atoms with Crippen LogP contribution in [-0.4, -0.2) is 26.7 Å². The fourth-order valence-corrected chi connectivity index (χ4v) is 3.59. The summed E-state index contributed by atoms with van der Waals surface area (Å²) in [5, 5.41) is 12.4. The van der Waals surface area contributed by atoms with Crippen molar-refractivity contribution in [2.24, 2.45) is 0 Å². The molecule has 0 spiro atoms. The zero-order valence-electron chi connectivity index (χ0n) is 14.3. The summed E-state index contributed by atoms with van der Waals surface area (Å²) in [6.45, 7) is 3.66. The lowest BCUT2D eigenvalue weighted by atomic mass is 9.93. The van der Waals surface area contributed by atoms with E-state index in [0.29, 0.717) is 6.42 Å². The van der Waals surface area contributed by atoms with Gasteiger partial charge in [-0.05, 0) is 31.0 Å². The summed E-state index contributed by atoms with van der Waals surface area (Å²) in [5.41, 5.74) is 3.47. The molecule has 0 aliphatic carbocycles. The maximum Gasteiger partial charge on any atom is 0.220 e. The van der Waals surface area contributed by atoms with Crippen LogP contribution in [0.2, 0.25) is 0 Å². The van der Waals surface area contributed by atoms with Crippen molar-refractivity contribution in [2.45, 2.75) is 44.9 Å². The predicted molar refractivity (Wildman–Crippen MR) is 96.9 cm³/mol. The Kier molecular flexibility index (Phi) is 4.28. The lowest BCUT2D eigenvalue weighted by Crippen LogP contribution is -2.48. The zero-order chi connectivity index (χ0) is 17.2. The first-order valence-electron chi connectivity index (χ1n) is 8.84. The molecule has 0 unspecified atom stereocenters. The number of piperidine rings is 1. The Balaban J connectivity index is 1.53. The van der Waals surface area contributed by atoms with Gasteiger partial charge in [0, 0.05) is 54.4 Å². The van der Waals surface area contributed by atoms with Crippen LogP contribution in [-0.2, 0) is 17.9 Å². The second-order valence-electron chi connectivity index (χ2n) is 6.56. The molecule has 0 bridgehead atoms. The summed E-state index contributed by atoms with van der Waals surface area (Å²) < 4.78 is 1.90. The third kappa shape index (κ3) is 3.17. The number of nitrogens with one attached hydrogen (secondary N) is 3. The van der Waals surface area contributed by atoms with Gasteiger partial charge in [0.05, 0.1) is 12.2 Å². The molecule has 1 amide bonds. The quantitative estimate of drug-likeness (QED) is 0.670. The molecule has 0 radical (unpaired) electrons. The van der Waals surface area contributed by atoms with Crippen molar-refractivity contribution in [1.82, 2.24) is 25.4 Å². The maximum absolute atomic E-state index is 11.9.